The summed E-state index contributed by atoms with van der Waals surface area (Å²) in [4.78, 5) is 19.3. The van der Waals surface area contributed by atoms with E-state index in [9.17, 15) is 9.18 Å². The lowest BCUT2D eigenvalue weighted by Gasteiger charge is -2.00. The minimum Gasteiger partial charge on any atom is -0.330 e. The second kappa shape index (κ2) is 4.13. The van der Waals surface area contributed by atoms with E-state index in [2.05, 4.69) is 25.9 Å². The van der Waals surface area contributed by atoms with Crippen LogP contribution in [0.5, 0.6) is 0 Å². The van der Waals surface area contributed by atoms with Crippen molar-refractivity contribution in [2.24, 2.45) is 7.05 Å². The Kier molecular flexibility index (Phi) is 2.82. The third-order valence-electron chi connectivity index (χ3n) is 2.05. The van der Waals surface area contributed by atoms with Crippen molar-refractivity contribution in [1.82, 2.24) is 14.5 Å². The molecule has 0 fully saturated rings. The predicted molar refractivity (Wildman–Crippen MR) is 58.5 cm³/mol. The zero-order valence-corrected chi connectivity index (χ0v) is 9.90. The molecule has 0 saturated heterocycles. The number of aromatic nitrogens is 3. The number of nitrogens with zero attached hydrogens (tertiary/aromatic N) is 3. The summed E-state index contributed by atoms with van der Waals surface area (Å²) in [6, 6.07) is 2.89. The zero-order chi connectivity index (χ0) is 11.7. The Morgan fingerprint density at radius 2 is 2.31 bits per heavy atom. The highest BCUT2D eigenvalue weighted by Crippen LogP contribution is 2.13. The van der Waals surface area contributed by atoms with Crippen LogP contribution in [0.2, 0.25) is 0 Å². The molecule has 0 N–H and O–H groups in total. The minimum absolute atomic E-state index is 0.0799. The first-order valence-electron chi connectivity index (χ1n) is 4.43. The highest BCUT2D eigenvalue weighted by atomic mass is 79.9. The minimum atomic E-state index is -0.786. The fourth-order valence-electron chi connectivity index (χ4n) is 1.32. The molecule has 0 unspecified atom stereocenters. The van der Waals surface area contributed by atoms with Crippen molar-refractivity contribution in [3.63, 3.8) is 0 Å². The van der Waals surface area contributed by atoms with Crippen LogP contribution in [-0.2, 0) is 7.05 Å². The smallest absolute Gasteiger partial charge is 0.233 e. The molecule has 0 aliphatic heterocycles. The van der Waals surface area contributed by atoms with Crippen LogP contribution in [0.4, 0.5) is 4.39 Å². The number of rotatable bonds is 2. The number of halogens is 2. The second-order valence-corrected chi connectivity index (χ2v) is 3.98. The van der Waals surface area contributed by atoms with E-state index in [1.165, 1.54) is 22.9 Å². The second-order valence-electron chi connectivity index (χ2n) is 3.17. The summed E-state index contributed by atoms with van der Waals surface area (Å²) < 4.78 is 15.3. The van der Waals surface area contributed by atoms with Gasteiger partial charge in [0.05, 0.1) is 5.56 Å². The van der Waals surface area contributed by atoms with Crippen molar-refractivity contribution in [1.29, 1.82) is 0 Å². The molecule has 0 saturated carbocycles. The molecule has 2 rings (SSSR count). The third kappa shape index (κ3) is 1.88. The fraction of sp³-hybridized carbons (Fsp3) is 0.100. The molecule has 6 heteroatoms. The molecular weight excluding hydrogens is 277 g/mol. The van der Waals surface area contributed by atoms with Gasteiger partial charge < -0.3 is 4.57 Å². The molecule has 0 atom stereocenters. The number of hydrogen-bond donors (Lipinski definition) is 0. The van der Waals surface area contributed by atoms with Gasteiger partial charge in [-0.05, 0) is 28.1 Å². The van der Waals surface area contributed by atoms with Gasteiger partial charge in [-0.1, -0.05) is 0 Å². The van der Waals surface area contributed by atoms with E-state index in [1.54, 1.807) is 13.2 Å². The van der Waals surface area contributed by atoms with Gasteiger partial charge >= 0.3 is 0 Å². The van der Waals surface area contributed by atoms with Gasteiger partial charge in [-0.25, -0.2) is 9.97 Å². The SMILES string of the molecule is Cn1cc(Br)nc1C(=O)c1cccnc1F. The standard InChI is InChI=1S/C10H7BrFN3O/c1-15-5-7(11)14-10(15)8(16)6-3-2-4-13-9(6)12/h2-5H,1H3. The first kappa shape index (κ1) is 10.9. The maximum Gasteiger partial charge on any atom is 0.233 e. The summed E-state index contributed by atoms with van der Waals surface area (Å²) in [5, 5.41) is 0. The molecule has 0 spiro atoms. The largest absolute Gasteiger partial charge is 0.330 e. The number of aryl methyl sites for hydroxylation is 1. The zero-order valence-electron chi connectivity index (χ0n) is 8.32. The van der Waals surface area contributed by atoms with Gasteiger partial charge in [-0.15, -0.1) is 0 Å². The monoisotopic (exact) mass is 283 g/mol. The van der Waals surface area contributed by atoms with Crippen LogP contribution in [0.3, 0.4) is 0 Å². The number of carbonyl (C=O) groups excluding carboxylic acids is 1. The number of carbonyl (C=O) groups is 1. The summed E-state index contributed by atoms with van der Waals surface area (Å²) >= 11 is 3.15. The molecule has 2 aromatic heterocycles. The average molecular weight is 284 g/mol. The van der Waals surface area contributed by atoms with Gasteiger partial charge in [-0.3, -0.25) is 4.79 Å². The van der Waals surface area contributed by atoms with Gasteiger partial charge in [0, 0.05) is 19.4 Å². The Hall–Kier alpha value is -1.56. The molecule has 0 aliphatic rings. The molecule has 2 aromatic rings. The Morgan fingerprint density at radius 1 is 1.56 bits per heavy atom. The molecule has 2 heterocycles. The summed E-state index contributed by atoms with van der Waals surface area (Å²) in [6.45, 7) is 0. The predicted octanol–water partition coefficient (Wildman–Crippen LogP) is 1.95. The molecule has 0 radical (unpaired) electrons. The highest BCUT2D eigenvalue weighted by molar-refractivity contribution is 9.10. The topological polar surface area (TPSA) is 47.8 Å². The van der Waals surface area contributed by atoms with Crippen molar-refractivity contribution >= 4 is 21.7 Å². The van der Waals surface area contributed by atoms with Gasteiger partial charge in [-0.2, -0.15) is 4.39 Å². The Morgan fingerprint density at radius 3 is 2.88 bits per heavy atom. The van der Waals surface area contributed by atoms with Crippen molar-refractivity contribution < 1.29 is 9.18 Å². The van der Waals surface area contributed by atoms with Crippen LogP contribution >= 0.6 is 15.9 Å². The lowest BCUT2D eigenvalue weighted by molar-refractivity contribution is 0.102. The Bertz CT molecular complexity index is 553. The Balaban J connectivity index is 2.47. The molecule has 0 aromatic carbocycles. The van der Waals surface area contributed by atoms with Crippen LogP contribution in [0.1, 0.15) is 16.2 Å². The quantitative estimate of drug-likeness (QED) is 0.625. The van der Waals surface area contributed by atoms with Crippen molar-refractivity contribution in [2.45, 2.75) is 0 Å². The normalized spacial score (nSPS) is 10.4. The van der Waals surface area contributed by atoms with E-state index < -0.39 is 11.7 Å². The van der Waals surface area contributed by atoms with Crippen LogP contribution in [0.25, 0.3) is 0 Å². The molecule has 0 aliphatic carbocycles. The molecule has 0 amide bonds. The van der Waals surface area contributed by atoms with Gasteiger partial charge in [0.2, 0.25) is 11.7 Å². The first-order valence-corrected chi connectivity index (χ1v) is 5.23. The highest BCUT2D eigenvalue weighted by Gasteiger charge is 2.19. The molecule has 82 valence electrons. The number of imidazole rings is 1. The van der Waals surface area contributed by atoms with Crippen LogP contribution in [0.15, 0.2) is 29.1 Å². The fourth-order valence-corrected chi connectivity index (χ4v) is 1.79. The number of pyridine rings is 1. The molecule has 16 heavy (non-hydrogen) atoms. The van der Waals surface area contributed by atoms with Crippen molar-refractivity contribution in [3.05, 3.63) is 46.5 Å². The van der Waals surface area contributed by atoms with Crippen molar-refractivity contribution in [2.75, 3.05) is 0 Å². The van der Waals surface area contributed by atoms with E-state index >= 15 is 0 Å². The maximum absolute atomic E-state index is 13.3. The third-order valence-corrected chi connectivity index (χ3v) is 2.44. The van der Waals surface area contributed by atoms with Gasteiger partial charge in [0.25, 0.3) is 0 Å². The summed E-state index contributed by atoms with van der Waals surface area (Å²) in [5.41, 5.74) is -0.0799. The summed E-state index contributed by atoms with van der Waals surface area (Å²) in [5.74, 6) is -1.11. The van der Waals surface area contributed by atoms with E-state index in [1.807, 2.05) is 0 Å². The Labute approximate surface area is 99.3 Å². The van der Waals surface area contributed by atoms with E-state index in [4.69, 9.17) is 0 Å². The summed E-state index contributed by atoms with van der Waals surface area (Å²) in [7, 11) is 1.67. The molecule has 4 nitrogen and oxygen atoms in total. The van der Waals surface area contributed by atoms with Crippen LogP contribution < -0.4 is 0 Å². The van der Waals surface area contributed by atoms with E-state index in [-0.39, 0.29) is 11.4 Å². The maximum atomic E-state index is 13.3. The molecular formula is C10H7BrFN3O. The van der Waals surface area contributed by atoms with Crippen LogP contribution in [-0.4, -0.2) is 20.3 Å². The van der Waals surface area contributed by atoms with E-state index in [0.717, 1.165) is 0 Å². The molecule has 0 bridgehead atoms. The first-order chi connectivity index (χ1) is 7.59. The number of ketones is 1. The lowest BCUT2D eigenvalue weighted by Crippen LogP contribution is -2.11. The summed E-state index contributed by atoms with van der Waals surface area (Å²) in [6.07, 6.45) is 2.92. The van der Waals surface area contributed by atoms with Crippen LogP contribution in [0, 0.1) is 5.95 Å². The lowest BCUT2D eigenvalue weighted by atomic mass is 10.2. The van der Waals surface area contributed by atoms with Crippen molar-refractivity contribution in [3.8, 4) is 0 Å². The van der Waals surface area contributed by atoms with Gasteiger partial charge in [0.1, 0.15) is 4.60 Å². The number of hydrogen-bond acceptors (Lipinski definition) is 3. The average Bonchev–Trinajstić information content (AvgIpc) is 2.58. The van der Waals surface area contributed by atoms with Gasteiger partial charge in [0.15, 0.2) is 5.82 Å². The van der Waals surface area contributed by atoms with E-state index in [0.29, 0.717) is 4.60 Å².